The van der Waals surface area contributed by atoms with Crippen LogP contribution >= 0.6 is 12.2 Å². The van der Waals surface area contributed by atoms with Crippen molar-refractivity contribution in [1.82, 2.24) is 0 Å². The summed E-state index contributed by atoms with van der Waals surface area (Å²) < 4.78 is 0.487. The van der Waals surface area contributed by atoms with E-state index in [1.165, 1.54) is 0 Å². The molecule has 19 heavy (non-hydrogen) atoms. The molecule has 3 nitrogen and oxygen atoms in total. The summed E-state index contributed by atoms with van der Waals surface area (Å²) >= 11 is 5.13. The van der Waals surface area contributed by atoms with Crippen molar-refractivity contribution in [3.8, 4) is 0 Å². The third-order valence-corrected chi connectivity index (χ3v) is 3.37. The molecule has 1 N–H and O–H groups in total. The minimum atomic E-state index is 0.00524. The lowest BCUT2D eigenvalue weighted by Gasteiger charge is -2.26. The van der Waals surface area contributed by atoms with Crippen LogP contribution in [0, 0.1) is 10.4 Å². The van der Waals surface area contributed by atoms with Gasteiger partial charge in [0.15, 0.2) is 0 Å². The van der Waals surface area contributed by atoms with Crippen molar-refractivity contribution in [3.05, 3.63) is 14.7 Å². The summed E-state index contributed by atoms with van der Waals surface area (Å²) in [5, 5.41) is 3.23. The third kappa shape index (κ3) is 4.60. The van der Waals surface area contributed by atoms with Gasteiger partial charge < -0.3 is 10.2 Å². The van der Waals surface area contributed by atoms with Gasteiger partial charge in [0.05, 0.1) is 5.69 Å². The zero-order chi connectivity index (χ0) is 15.0. The molecule has 0 aliphatic rings. The molecule has 4 heteroatoms. The van der Waals surface area contributed by atoms with Gasteiger partial charge in [0.2, 0.25) is 5.43 Å². The summed E-state index contributed by atoms with van der Waals surface area (Å²) in [5.41, 5.74) is 1.67. The Morgan fingerprint density at radius 1 is 1.21 bits per heavy atom. The fourth-order valence-corrected chi connectivity index (χ4v) is 2.20. The number of hydrogen-bond acceptors (Lipinski definition) is 4. The van der Waals surface area contributed by atoms with Crippen molar-refractivity contribution in [1.29, 1.82) is 0 Å². The lowest BCUT2D eigenvalue weighted by atomic mass is 10.1. The standard InChI is InChI=1S/C13H22N2OS.C2H6/c1-5-15(6-2)11-10(12(16)13(11)17)14-8-7-9(3)4;1-2/h9,14H,5-8H2,1-4H3;1-2H3. The van der Waals surface area contributed by atoms with Crippen LogP contribution < -0.4 is 15.6 Å². The molecule has 1 aromatic carbocycles. The van der Waals surface area contributed by atoms with Crippen LogP contribution in [0.2, 0.25) is 0 Å². The minimum Gasteiger partial charge on any atom is -0.380 e. The molecule has 0 fully saturated rings. The summed E-state index contributed by atoms with van der Waals surface area (Å²) in [6.07, 6.45) is 1.06. The molecule has 0 amide bonds. The van der Waals surface area contributed by atoms with E-state index >= 15 is 0 Å². The largest absolute Gasteiger partial charge is 0.380 e. The highest BCUT2D eigenvalue weighted by Crippen LogP contribution is 2.27. The first-order valence-electron chi connectivity index (χ1n) is 7.35. The van der Waals surface area contributed by atoms with Gasteiger partial charge in [-0.15, -0.1) is 0 Å². The average Bonchev–Trinajstić information content (AvgIpc) is 2.43. The van der Waals surface area contributed by atoms with Crippen LogP contribution in [0.25, 0.3) is 0 Å². The molecule has 0 unspecified atom stereocenters. The molecule has 0 radical (unpaired) electrons. The topological polar surface area (TPSA) is 32.3 Å². The Balaban J connectivity index is 0.00000154. The van der Waals surface area contributed by atoms with Crippen LogP contribution in [-0.2, 0) is 0 Å². The van der Waals surface area contributed by atoms with Gasteiger partial charge in [-0.1, -0.05) is 39.9 Å². The van der Waals surface area contributed by atoms with Crippen molar-refractivity contribution in [2.75, 3.05) is 29.9 Å². The van der Waals surface area contributed by atoms with Gasteiger partial charge >= 0.3 is 0 Å². The summed E-state index contributed by atoms with van der Waals surface area (Å²) in [6.45, 7) is 15.1. The fraction of sp³-hybridized carbons (Fsp3) is 0.733. The first-order valence-corrected chi connectivity index (χ1v) is 7.75. The molecule has 0 heterocycles. The summed E-state index contributed by atoms with van der Waals surface area (Å²) in [5.74, 6) is 0.641. The first kappa shape index (κ1) is 18.1. The Hall–Kier alpha value is -0.900. The van der Waals surface area contributed by atoms with Gasteiger partial charge in [-0.25, -0.2) is 0 Å². The second-order valence-corrected chi connectivity index (χ2v) is 5.07. The van der Waals surface area contributed by atoms with Crippen molar-refractivity contribution in [2.45, 2.75) is 48.0 Å². The van der Waals surface area contributed by atoms with Gasteiger partial charge in [0.1, 0.15) is 10.2 Å². The molecule has 0 saturated carbocycles. The maximum absolute atomic E-state index is 11.7. The predicted octanol–water partition coefficient (Wildman–Crippen LogP) is 3.98. The van der Waals surface area contributed by atoms with Gasteiger partial charge in [-0.3, -0.25) is 4.79 Å². The van der Waals surface area contributed by atoms with Crippen LogP contribution in [0.1, 0.15) is 48.0 Å². The molecule has 1 rings (SSSR count). The van der Waals surface area contributed by atoms with E-state index in [0.717, 1.165) is 37.4 Å². The number of rotatable bonds is 7. The van der Waals surface area contributed by atoms with E-state index in [2.05, 4.69) is 37.9 Å². The molecule has 0 atom stereocenters. The second kappa shape index (κ2) is 9.08. The second-order valence-electron chi connectivity index (χ2n) is 4.66. The van der Waals surface area contributed by atoms with E-state index < -0.39 is 0 Å². The number of nitrogens with one attached hydrogen (secondary N) is 1. The Morgan fingerprint density at radius 2 is 1.74 bits per heavy atom. The maximum Gasteiger partial charge on any atom is 0.223 e. The predicted molar refractivity (Wildman–Crippen MR) is 88.8 cm³/mol. The Bertz CT molecular complexity index is 429. The minimum absolute atomic E-state index is 0.00524. The van der Waals surface area contributed by atoms with Crippen LogP contribution in [0.15, 0.2) is 4.79 Å². The average molecular weight is 284 g/mol. The molecule has 0 aliphatic heterocycles. The molecule has 0 aliphatic carbocycles. The van der Waals surface area contributed by atoms with E-state index in [9.17, 15) is 4.79 Å². The molecular formula is C15H28N2OS. The number of hydrogen-bond donors (Lipinski definition) is 1. The summed E-state index contributed by atoms with van der Waals surface area (Å²) in [6, 6.07) is 0. The zero-order valence-corrected chi connectivity index (χ0v) is 14.0. The SMILES string of the molecule is CC.CCN(CC)c1c(NCCC(C)C)c(=O)c1=S. The number of anilines is 2. The zero-order valence-electron chi connectivity index (χ0n) is 13.2. The quantitative estimate of drug-likeness (QED) is 0.768. The fourth-order valence-electron chi connectivity index (χ4n) is 1.87. The van der Waals surface area contributed by atoms with Crippen LogP contribution in [0.4, 0.5) is 11.4 Å². The van der Waals surface area contributed by atoms with Crippen molar-refractivity contribution >= 4 is 23.6 Å². The Labute approximate surface area is 122 Å². The van der Waals surface area contributed by atoms with Crippen molar-refractivity contribution < 1.29 is 0 Å². The lowest BCUT2D eigenvalue weighted by Crippen LogP contribution is -2.31. The summed E-state index contributed by atoms with van der Waals surface area (Å²) in [7, 11) is 0. The highest BCUT2D eigenvalue weighted by atomic mass is 32.1. The Morgan fingerprint density at radius 3 is 2.16 bits per heavy atom. The van der Waals surface area contributed by atoms with Crippen LogP contribution in [0.3, 0.4) is 0 Å². The molecule has 0 saturated heterocycles. The number of nitrogens with zero attached hydrogens (tertiary/aromatic N) is 1. The smallest absolute Gasteiger partial charge is 0.223 e. The van der Waals surface area contributed by atoms with Crippen molar-refractivity contribution in [3.63, 3.8) is 0 Å². The van der Waals surface area contributed by atoms with Gasteiger partial charge in [-0.2, -0.15) is 0 Å². The van der Waals surface area contributed by atoms with Gasteiger partial charge in [0.25, 0.3) is 0 Å². The molecule has 0 spiro atoms. The highest BCUT2D eigenvalue weighted by molar-refractivity contribution is 7.71. The van der Waals surface area contributed by atoms with E-state index in [1.54, 1.807) is 0 Å². The van der Waals surface area contributed by atoms with E-state index in [4.69, 9.17) is 12.2 Å². The van der Waals surface area contributed by atoms with Crippen LogP contribution in [-0.4, -0.2) is 19.6 Å². The summed E-state index contributed by atoms with van der Waals surface area (Å²) in [4.78, 5) is 13.8. The lowest BCUT2D eigenvalue weighted by molar-refractivity contribution is 0.607. The van der Waals surface area contributed by atoms with Gasteiger partial charge in [-0.05, 0) is 26.2 Å². The first-order chi connectivity index (χ1) is 9.02. The van der Waals surface area contributed by atoms with Crippen molar-refractivity contribution in [2.24, 2.45) is 5.92 Å². The maximum atomic E-state index is 11.7. The molecule has 1 aromatic rings. The van der Waals surface area contributed by atoms with Crippen LogP contribution in [0.5, 0.6) is 0 Å². The molecular weight excluding hydrogens is 256 g/mol. The Kier molecular flexibility index (Phi) is 8.65. The van der Waals surface area contributed by atoms with Gasteiger partial charge in [0, 0.05) is 19.6 Å². The van der Waals surface area contributed by atoms with E-state index in [-0.39, 0.29) is 5.43 Å². The molecule has 0 aromatic heterocycles. The third-order valence-electron chi connectivity index (χ3n) is 2.99. The highest BCUT2D eigenvalue weighted by Gasteiger charge is 2.21. The molecule has 110 valence electrons. The monoisotopic (exact) mass is 284 g/mol. The van der Waals surface area contributed by atoms with E-state index in [1.807, 2.05) is 13.8 Å². The molecule has 0 bridgehead atoms. The van der Waals surface area contributed by atoms with E-state index in [0.29, 0.717) is 10.4 Å². The normalized spacial score (nSPS) is 10.3.